The van der Waals surface area contributed by atoms with E-state index in [0.29, 0.717) is 5.69 Å². The summed E-state index contributed by atoms with van der Waals surface area (Å²) in [6, 6.07) is 7.82. The topological polar surface area (TPSA) is 62.2 Å². The molecule has 104 valence electrons. The molecule has 20 heavy (non-hydrogen) atoms. The highest BCUT2D eigenvalue weighted by Gasteiger charge is 2.13. The number of carboxylic acids is 1. The van der Waals surface area contributed by atoms with Gasteiger partial charge in [-0.1, -0.05) is 25.1 Å². The number of nitrogens with zero attached hydrogens (tertiary/aromatic N) is 1. The van der Waals surface area contributed by atoms with Crippen LogP contribution in [0.25, 0.3) is 0 Å². The molecule has 2 aromatic rings. The quantitative estimate of drug-likeness (QED) is 0.889. The third kappa shape index (κ3) is 2.79. The summed E-state index contributed by atoms with van der Waals surface area (Å²) in [6.45, 7) is 5.93. The van der Waals surface area contributed by atoms with Crippen molar-refractivity contribution in [1.82, 2.24) is 4.98 Å². The first-order valence-corrected chi connectivity index (χ1v) is 6.58. The fourth-order valence-electron chi connectivity index (χ4n) is 2.17. The van der Waals surface area contributed by atoms with E-state index >= 15 is 0 Å². The molecule has 0 amide bonds. The number of pyridine rings is 1. The number of aromatic carboxylic acids is 1. The van der Waals surface area contributed by atoms with Gasteiger partial charge in [-0.15, -0.1) is 0 Å². The van der Waals surface area contributed by atoms with Crippen LogP contribution in [-0.2, 0) is 6.42 Å². The minimum absolute atomic E-state index is 0.181. The summed E-state index contributed by atoms with van der Waals surface area (Å²) in [4.78, 5) is 15.3. The Hall–Kier alpha value is -2.36. The lowest BCUT2D eigenvalue weighted by molar-refractivity contribution is 0.0697. The summed E-state index contributed by atoms with van der Waals surface area (Å²) in [5.74, 6) is -0.980. The number of hydrogen-bond acceptors (Lipinski definition) is 3. The Labute approximate surface area is 118 Å². The molecule has 2 N–H and O–H groups in total. The maximum atomic E-state index is 11.3. The minimum atomic E-state index is -0.980. The fraction of sp³-hybridized carbons (Fsp3) is 0.250. The Balaban J connectivity index is 2.50. The highest BCUT2D eigenvalue weighted by atomic mass is 16.4. The van der Waals surface area contributed by atoms with Gasteiger partial charge in [-0.3, -0.25) is 4.98 Å². The molecule has 4 nitrogen and oxygen atoms in total. The minimum Gasteiger partial charge on any atom is -0.478 e. The van der Waals surface area contributed by atoms with Crippen molar-refractivity contribution in [3.8, 4) is 0 Å². The molecule has 1 heterocycles. The summed E-state index contributed by atoms with van der Waals surface area (Å²) in [5.41, 5.74) is 4.77. The normalized spacial score (nSPS) is 10.3. The van der Waals surface area contributed by atoms with Gasteiger partial charge in [0, 0.05) is 17.6 Å². The van der Waals surface area contributed by atoms with Crippen molar-refractivity contribution in [2.45, 2.75) is 27.2 Å². The van der Waals surface area contributed by atoms with E-state index < -0.39 is 5.97 Å². The molecule has 0 bridgehead atoms. The zero-order chi connectivity index (χ0) is 14.7. The molecule has 0 aliphatic heterocycles. The molecule has 0 radical (unpaired) electrons. The van der Waals surface area contributed by atoms with Gasteiger partial charge in [0.05, 0.1) is 5.69 Å². The van der Waals surface area contributed by atoms with Crippen LogP contribution in [0.15, 0.2) is 30.5 Å². The average molecular weight is 270 g/mol. The number of carbonyl (C=O) groups is 1. The van der Waals surface area contributed by atoms with Crippen LogP contribution < -0.4 is 5.32 Å². The highest BCUT2D eigenvalue weighted by molar-refractivity contribution is 5.95. The smallest absolute Gasteiger partial charge is 0.339 e. The van der Waals surface area contributed by atoms with E-state index in [-0.39, 0.29) is 5.56 Å². The van der Waals surface area contributed by atoms with Gasteiger partial charge in [0.2, 0.25) is 0 Å². The van der Waals surface area contributed by atoms with Crippen molar-refractivity contribution in [1.29, 1.82) is 0 Å². The van der Waals surface area contributed by atoms with E-state index in [1.807, 2.05) is 32.0 Å². The van der Waals surface area contributed by atoms with Gasteiger partial charge in [-0.25, -0.2) is 4.79 Å². The predicted octanol–water partition coefficient (Wildman–Crippen LogP) is 3.70. The number of aromatic nitrogens is 1. The molecule has 4 heteroatoms. The van der Waals surface area contributed by atoms with Crippen LogP contribution in [-0.4, -0.2) is 16.1 Å². The van der Waals surface area contributed by atoms with Gasteiger partial charge in [0.1, 0.15) is 5.56 Å². The first-order valence-electron chi connectivity index (χ1n) is 6.58. The Morgan fingerprint density at radius 1 is 1.35 bits per heavy atom. The Kier molecular flexibility index (Phi) is 4.03. The molecule has 1 aromatic carbocycles. The van der Waals surface area contributed by atoms with E-state index in [4.69, 9.17) is 0 Å². The molecule has 0 unspecified atom stereocenters. The van der Waals surface area contributed by atoms with Crippen LogP contribution in [0.4, 0.5) is 11.4 Å². The first kappa shape index (κ1) is 14.1. The highest BCUT2D eigenvalue weighted by Crippen LogP contribution is 2.27. The van der Waals surface area contributed by atoms with Crippen molar-refractivity contribution in [2.75, 3.05) is 5.32 Å². The predicted molar refractivity (Wildman–Crippen MR) is 79.8 cm³/mol. The number of para-hydroxylation sites is 1. The summed E-state index contributed by atoms with van der Waals surface area (Å²) < 4.78 is 0. The molecule has 2 rings (SSSR count). The second-order valence-electron chi connectivity index (χ2n) is 4.76. The lowest BCUT2D eigenvalue weighted by Gasteiger charge is -2.16. The Bertz CT molecular complexity index is 651. The third-order valence-corrected chi connectivity index (χ3v) is 3.27. The van der Waals surface area contributed by atoms with E-state index in [1.54, 1.807) is 6.07 Å². The molecule has 0 saturated carbocycles. The molecule has 0 atom stereocenters. The molecule has 1 aromatic heterocycles. The van der Waals surface area contributed by atoms with Crippen LogP contribution in [0.2, 0.25) is 0 Å². The lowest BCUT2D eigenvalue weighted by atomic mass is 10.0. The Morgan fingerprint density at radius 2 is 2.10 bits per heavy atom. The van der Waals surface area contributed by atoms with Gasteiger partial charge < -0.3 is 10.4 Å². The fourth-order valence-corrected chi connectivity index (χ4v) is 2.17. The second kappa shape index (κ2) is 5.74. The molecular formula is C16H18N2O2. The van der Waals surface area contributed by atoms with E-state index in [0.717, 1.165) is 28.9 Å². The molecule has 0 aliphatic carbocycles. The number of nitrogens with one attached hydrogen (secondary N) is 1. The Morgan fingerprint density at radius 3 is 2.75 bits per heavy atom. The second-order valence-corrected chi connectivity index (χ2v) is 4.76. The monoisotopic (exact) mass is 270 g/mol. The molecular weight excluding hydrogens is 252 g/mol. The molecule has 0 aliphatic rings. The zero-order valence-electron chi connectivity index (χ0n) is 11.9. The summed E-state index contributed by atoms with van der Waals surface area (Å²) in [6.07, 6.45) is 2.28. The maximum absolute atomic E-state index is 11.3. The van der Waals surface area contributed by atoms with Gasteiger partial charge >= 0.3 is 5.97 Å². The van der Waals surface area contributed by atoms with Crippen molar-refractivity contribution in [3.63, 3.8) is 0 Å². The van der Waals surface area contributed by atoms with Gasteiger partial charge in [-0.2, -0.15) is 0 Å². The van der Waals surface area contributed by atoms with Crippen molar-refractivity contribution in [2.24, 2.45) is 0 Å². The summed E-state index contributed by atoms with van der Waals surface area (Å²) >= 11 is 0. The number of hydrogen-bond donors (Lipinski definition) is 2. The van der Waals surface area contributed by atoms with E-state index in [2.05, 4.69) is 17.2 Å². The van der Waals surface area contributed by atoms with Crippen molar-refractivity contribution < 1.29 is 9.90 Å². The van der Waals surface area contributed by atoms with Gasteiger partial charge in [0.25, 0.3) is 0 Å². The number of aryl methyl sites for hydroxylation is 3. The van der Waals surface area contributed by atoms with Crippen molar-refractivity contribution >= 4 is 17.3 Å². The van der Waals surface area contributed by atoms with Gasteiger partial charge in [0.15, 0.2) is 0 Å². The van der Waals surface area contributed by atoms with E-state index in [9.17, 15) is 9.90 Å². The van der Waals surface area contributed by atoms with Crippen LogP contribution >= 0.6 is 0 Å². The maximum Gasteiger partial charge on any atom is 0.339 e. The number of carboxylic acid groups (broad SMARTS) is 1. The largest absolute Gasteiger partial charge is 0.478 e. The first-order chi connectivity index (χ1) is 9.52. The molecule has 0 spiro atoms. The lowest BCUT2D eigenvalue weighted by Crippen LogP contribution is -2.06. The average Bonchev–Trinajstić information content (AvgIpc) is 2.40. The van der Waals surface area contributed by atoms with Crippen LogP contribution in [0, 0.1) is 13.8 Å². The van der Waals surface area contributed by atoms with E-state index in [1.165, 1.54) is 6.20 Å². The van der Waals surface area contributed by atoms with Crippen LogP contribution in [0.3, 0.4) is 0 Å². The van der Waals surface area contributed by atoms with Crippen LogP contribution in [0.5, 0.6) is 0 Å². The van der Waals surface area contributed by atoms with Crippen molar-refractivity contribution in [3.05, 3.63) is 52.8 Å². The standard InChI is InChI=1S/C16H18N2O2/c1-4-12-7-5-6-10(2)15(12)18-14-8-11(3)17-9-13(14)16(19)20/h5-9H,4H2,1-3H3,(H,17,18)(H,19,20). The summed E-state index contributed by atoms with van der Waals surface area (Å²) in [7, 11) is 0. The van der Waals surface area contributed by atoms with Gasteiger partial charge in [-0.05, 0) is 37.5 Å². The summed E-state index contributed by atoms with van der Waals surface area (Å²) in [5, 5.41) is 12.5. The SMILES string of the molecule is CCc1cccc(C)c1Nc1cc(C)ncc1C(=O)O. The number of benzene rings is 1. The zero-order valence-corrected chi connectivity index (χ0v) is 11.9. The molecule has 0 fully saturated rings. The molecule has 0 saturated heterocycles. The number of rotatable bonds is 4. The van der Waals surface area contributed by atoms with Crippen LogP contribution in [0.1, 0.15) is 34.1 Å². The number of anilines is 2. The third-order valence-electron chi connectivity index (χ3n) is 3.27.